The number of nitro benzene ring substituents is 1. The zero-order valence-electron chi connectivity index (χ0n) is 11.2. The van der Waals surface area contributed by atoms with E-state index in [1.54, 1.807) is 6.92 Å². The van der Waals surface area contributed by atoms with Crippen LogP contribution in [0.2, 0.25) is 0 Å². The number of nitrogens with two attached hydrogens (primary N) is 1. The molecule has 1 atom stereocenters. The van der Waals surface area contributed by atoms with Crippen molar-refractivity contribution in [2.24, 2.45) is 5.73 Å². The minimum absolute atomic E-state index is 0.0324. The molecule has 0 bridgehead atoms. The summed E-state index contributed by atoms with van der Waals surface area (Å²) in [6, 6.07) is 0.295. The number of nitrogens with one attached hydrogen (secondary N) is 1. The molecule has 1 aromatic heterocycles. The van der Waals surface area contributed by atoms with Gasteiger partial charge in [-0.1, -0.05) is 5.92 Å². The van der Waals surface area contributed by atoms with Crippen LogP contribution >= 0.6 is 0 Å². The van der Waals surface area contributed by atoms with Gasteiger partial charge in [0.25, 0.3) is 5.69 Å². The van der Waals surface area contributed by atoms with Gasteiger partial charge in [-0.25, -0.2) is 0 Å². The molecule has 0 spiro atoms. The number of aromatic nitrogens is 1. The van der Waals surface area contributed by atoms with Gasteiger partial charge in [-0.2, -0.15) is 0 Å². The lowest BCUT2D eigenvalue weighted by atomic mass is 9.97. The standard InChI is InChI=1S/C14H13N3O4/c1-3-9-7(2)4-11(17(20)21)13-12(9)8(6-16-13)5-10(15)14(18)19/h1,4,6,10,16H,5,15H2,2H3,(H,18,19). The van der Waals surface area contributed by atoms with Crippen LogP contribution < -0.4 is 5.73 Å². The van der Waals surface area contributed by atoms with Crippen LogP contribution in [0, 0.1) is 29.4 Å². The van der Waals surface area contributed by atoms with Crippen LogP contribution in [-0.2, 0) is 11.2 Å². The summed E-state index contributed by atoms with van der Waals surface area (Å²) in [4.78, 5) is 24.3. The molecule has 0 aliphatic carbocycles. The molecule has 0 amide bonds. The van der Waals surface area contributed by atoms with Crippen molar-refractivity contribution in [1.29, 1.82) is 0 Å². The highest BCUT2D eigenvalue weighted by Crippen LogP contribution is 2.33. The molecular weight excluding hydrogens is 274 g/mol. The highest BCUT2D eigenvalue weighted by Gasteiger charge is 2.22. The van der Waals surface area contributed by atoms with Crippen molar-refractivity contribution in [1.82, 2.24) is 4.98 Å². The molecule has 1 aromatic carbocycles. The molecule has 2 aromatic rings. The predicted molar refractivity (Wildman–Crippen MR) is 76.9 cm³/mol. The molecule has 108 valence electrons. The maximum atomic E-state index is 11.1. The number of H-pyrrole nitrogens is 1. The Hall–Kier alpha value is -2.85. The fourth-order valence-electron chi connectivity index (χ4n) is 2.31. The molecule has 4 N–H and O–H groups in total. The molecule has 0 aliphatic rings. The third-order valence-corrected chi connectivity index (χ3v) is 3.31. The summed E-state index contributed by atoms with van der Waals surface area (Å²) in [7, 11) is 0. The van der Waals surface area contributed by atoms with Crippen LogP contribution in [0.15, 0.2) is 12.3 Å². The third kappa shape index (κ3) is 2.44. The molecule has 0 saturated carbocycles. The Morgan fingerprint density at radius 3 is 2.86 bits per heavy atom. The van der Waals surface area contributed by atoms with E-state index in [2.05, 4.69) is 10.9 Å². The van der Waals surface area contributed by atoms with Crippen molar-refractivity contribution in [3.8, 4) is 12.3 Å². The number of aromatic amines is 1. The second-order valence-electron chi connectivity index (χ2n) is 4.70. The highest BCUT2D eigenvalue weighted by atomic mass is 16.6. The first-order valence-electron chi connectivity index (χ1n) is 6.09. The van der Waals surface area contributed by atoms with Crippen LogP contribution in [0.5, 0.6) is 0 Å². The molecule has 0 aliphatic heterocycles. The minimum atomic E-state index is -1.14. The number of carboxylic acid groups (broad SMARTS) is 1. The predicted octanol–water partition coefficient (Wildman–Crippen LogP) is 1.32. The Balaban J connectivity index is 2.73. The van der Waals surface area contributed by atoms with Gasteiger partial charge in [-0.05, 0) is 18.1 Å². The van der Waals surface area contributed by atoms with Gasteiger partial charge in [0.2, 0.25) is 0 Å². The summed E-state index contributed by atoms with van der Waals surface area (Å²) in [6.45, 7) is 1.68. The fourth-order valence-corrected chi connectivity index (χ4v) is 2.31. The number of hydrogen-bond donors (Lipinski definition) is 3. The second-order valence-corrected chi connectivity index (χ2v) is 4.70. The Morgan fingerprint density at radius 1 is 1.67 bits per heavy atom. The van der Waals surface area contributed by atoms with Crippen molar-refractivity contribution < 1.29 is 14.8 Å². The van der Waals surface area contributed by atoms with Crippen molar-refractivity contribution in [2.75, 3.05) is 0 Å². The van der Waals surface area contributed by atoms with E-state index in [-0.39, 0.29) is 17.6 Å². The number of aryl methyl sites for hydroxylation is 1. The number of hydrogen-bond acceptors (Lipinski definition) is 4. The third-order valence-electron chi connectivity index (χ3n) is 3.31. The van der Waals surface area contributed by atoms with Crippen molar-refractivity contribution in [3.05, 3.63) is 39.1 Å². The van der Waals surface area contributed by atoms with Crippen LogP contribution in [-0.4, -0.2) is 27.0 Å². The number of benzene rings is 1. The lowest BCUT2D eigenvalue weighted by molar-refractivity contribution is -0.383. The van der Waals surface area contributed by atoms with E-state index >= 15 is 0 Å². The number of nitrogens with zero attached hydrogens (tertiary/aromatic N) is 1. The van der Waals surface area contributed by atoms with Gasteiger partial charge < -0.3 is 15.8 Å². The van der Waals surface area contributed by atoms with E-state index in [4.69, 9.17) is 17.3 Å². The van der Waals surface area contributed by atoms with E-state index < -0.39 is 16.9 Å². The van der Waals surface area contributed by atoms with E-state index in [1.165, 1.54) is 12.3 Å². The number of aliphatic carboxylic acids is 1. The Labute approximate surface area is 119 Å². The minimum Gasteiger partial charge on any atom is -0.480 e. The summed E-state index contributed by atoms with van der Waals surface area (Å²) in [5, 5.41) is 20.5. The summed E-state index contributed by atoms with van der Waals surface area (Å²) in [5.74, 6) is 1.36. The van der Waals surface area contributed by atoms with Gasteiger partial charge in [0.15, 0.2) is 0 Å². The average Bonchev–Trinajstić information content (AvgIpc) is 2.81. The number of terminal acetylenes is 1. The fraction of sp³-hybridized carbons (Fsp3) is 0.214. The second kappa shape index (κ2) is 5.26. The van der Waals surface area contributed by atoms with Crippen molar-refractivity contribution >= 4 is 22.6 Å². The lowest BCUT2D eigenvalue weighted by Crippen LogP contribution is -2.32. The maximum Gasteiger partial charge on any atom is 0.320 e. The molecule has 7 heteroatoms. The van der Waals surface area contributed by atoms with Crippen molar-refractivity contribution in [2.45, 2.75) is 19.4 Å². The van der Waals surface area contributed by atoms with Gasteiger partial charge in [0.1, 0.15) is 11.6 Å². The summed E-state index contributed by atoms with van der Waals surface area (Å²) in [6.07, 6.45) is 7.03. The van der Waals surface area contributed by atoms with Gasteiger partial charge in [-0.3, -0.25) is 14.9 Å². The highest BCUT2D eigenvalue weighted by molar-refractivity contribution is 5.96. The molecule has 1 heterocycles. The van der Waals surface area contributed by atoms with Crippen LogP contribution in [0.1, 0.15) is 16.7 Å². The first-order valence-corrected chi connectivity index (χ1v) is 6.09. The molecule has 0 saturated heterocycles. The summed E-state index contributed by atoms with van der Waals surface area (Å²) < 4.78 is 0. The monoisotopic (exact) mass is 287 g/mol. The van der Waals surface area contributed by atoms with Crippen LogP contribution in [0.25, 0.3) is 10.9 Å². The molecule has 1 unspecified atom stereocenters. The van der Waals surface area contributed by atoms with Crippen LogP contribution in [0.3, 0.4) is 0 Å². The lowest BCUT2D eigenvalue weighted by Gasteiger charge is -2.07. The summed E-state index contributed by atoms with van der Waals surface area (Å²) in [5.41, 5.74) is 7.35. The molecule has 7 nitrogen and oxygen atoms in total. The number of fused-ring (bicyclic) bond motifs is 1. The quantitative estimate of drug-likeness (QED) is 0.444. The van der Waals surface area contributed by atoms with Gasteiger partial charge in [0.05, 0.1) is 4.92 Å². The van der Waals surface area contributed by atoms with Gasteiger partial charge in [-0.15, -0.1) is 6.42 Å². The molecule has 0 radical (unpaired) electrons. The number of carboxylic acids is 1. The van der Waals surface area contributed by atoms with E-state index in [0.717, 1.165) is 0 Å². The Kier molecular flexibility index (Phi) is 3.65. The SMILES string of the molecule is C#Cc1c(C)cc([N+](=O)[O-])c2[nH]cc(CC(N)C(=O)O)c12. The smallest absolute Gasteiger partial charge is 0.320 e. The molecule has 2 rings (SSSR count). The molecule has 21 heavy (non-hydrogen) atoms. The van der Waals surface area contributed by atoms with Gasteiger partial charge in [0, 0.05) is 29.6 Å². The summed E-state index contributed by atoms with van der Waals surface area (Å²) >= 11 is 0. The maximum absolute atomic E-state index is 11.1. The van der Waals surface area contributed by atoms with Crippen molar-refractivity contribution in [3.63, 3.8) is 0 Å². The Morgan fingerprint density at radius 2 is 2.33 bits per heavy atom. The first kappa shape index (κ1) is 14.6. The Bertz CT molecular complexity index is 786. The number of rotatable bonds is 4. The zero-order chi connectivity index (χ0) is 15.7. The molecule has 0 fully saturated rings. The average molecular weight is 287 g/mol. The van der Waals surface area contributed by atoms with E-state index in [1.807, 2.05) is 0 Å². The largest absolute Gasteiger partial charge is 0.480 e. The first-order chi connectivity index (χ1) is 9.86. The number of carbonyl (C=O) groups is 1. The number of nitro groups is 1. The zero-order valence-corrected chi connectivity index (χ0v) is 11.2. The van der Waals surface area contributed by atoms with Gasteiger partial charge >= 0.3 is 5.97 Å². The van der Waals surface area contributed by atoms with E-state index in [9.17, 15) is 14.9 Å². The normalized spacial score (nSPS) is 12.0. The topological polar surface area (TPSA) is 122 Å². The number of non-ortho nitro benzene ring substituents is 1. The van der Waals surface area contributed by atoms with E-state index in [0.29, 0.717) is 22.1 Å². The molecular formula is C14H13N3O4. The van der Waals surface area contributed by atoms with Crippen LogP contribution in [0.4, 0.5) is 5.69 Å².